The zero-order chi connectivity index (χ0) is 23.9. The predicted octanol–water partition coefficient (Wildman–Crippen LogP) is 2.40. The summed E-state index contributed by atoms with van der Waals surface area (Å²) in [6.07, 6.45) is 1.87. The van der Waals surface area contributed by atoms with E-state index in [4.69, 9.17) is 4.74 Å². The molecule has 2 heterocycles. The Kier molecular flexibility index (Phi) is 5.88. The molecule has 3 aromatic rings. The number of ether oxygens (including phenoxy) is 1. The number of anilines is 1. The molecular formula is C24H26N4O5. The third kappa shape index (κ3) is 4.30. The number of rotatable bonds is 6. The molecule has 0 aliphatic heterocycles. The van der Waals surface area contributed by atoms with Gasteiger partial charge in [-0.05, 0) is 56.9 Å². The highest BCUT2D eigenvalue weighted by molar-refractivity contribution is 6.02. The van der Waals surface area contributed by atoms with Crippen molar-refractivity contribution in [1.29, 1.82) is 0 Å². The van der Waals surface area contributed by atoms with E-state index in [0.717, 1.165) is 28.5 Å². The maximum absolute atomic E-state index is 13.4. The van der Waals surface area contributed by atoms with Crippen molar-refractivity contribution in [3.63, 3.8) is 0 Å². The average Bonchev–Trinajstić information content (AvgIpc) is 3.62. The first-order valence-corrected chi connectivity index (χ1v) is 10.9. The molecule has 0 radical (unpaired) electrons. The maximum Gasteiger partial charge on any atom is 0.339 e. The maximum atomic E-state index is 13.4. The van der Waals surface area contributed by atoms with E-state index < -0.39 is 29.7 Å². The zero-order valence-corrected chi connectivity index (χ0v) is 19.1. The lowest BCUT2D eigenvalue weighted by Gasteiger charge is -2.14. The van der Waals surface area contributed by atoms with Gasteiger partial charge in [0, 0.05) is 24.3 Å². The highest BCUT2D eigenvalue weighted by Gasteiger charge is 2.29. The van der Waals surface area contributed by atoms with E-state index in [-0.39, 0.29) is 29.1 Å². The summed E-state index contributed by atoms with van der Waals surface area (Å²) in [4.78, 5) is 56.3. The highest BCUT2D eigenvalue weighted by atomic mass is 16.5. The standard InChI is InChI=1S/C24H26N4O5/c1-5-33-23(31)16-11-18(15-8-9-15)26-21-20(16)22(30)28(24(32)27(21)4)12-19(29)25-17-10-13(2)6-7-14(17)3/h6-7,10-11,15H,5,8-9,12H2,1-4H3,(H,25,29). The number of aromatic nitrogens is 3. The van der Waals surface area contributed by atoms with Crippen LogP contribution in [0.2, 0.25) is 0 Å². The Morgan fingerprint density at radius 1 is 1.18 bits per heavy atom. The summed E-state index contributed by atoms with van der Waals surface area (Å²) < 4.78 is 7.19. The number of hydrogen-bond acceptors (Lipinski definition) is 6. The van der Waals surface area contributed by atoms with E-state index in [2.05, 4.69) is 10.3 Å². The Balaban J connectivity index is 1.81. The minimum atomic E-state index is -0.748. The van der Waals surface area contributed by atoms with Gasteiger partial charge < -0.3 is 10.1 Å². The molecule has 4 rings (SSSR count). The van der Waals surface area contributed by atoms with Gasteiger partial charge in [0.2, 0.25) is 5.91 Å². The van der Waals surface area contributed by atoms with Crippen LogP contribution in [-0.4, -0.2) is 32.6 Å². The molecule has 1 N–H and O–H groups in total. The lowest BCUT2D eigenvalue weighted by atomic mass is 10.1. The SMILES string of the molecule is CCOC(=O)c1cc(C2CC2)nc2c1c(=O)n(CC(=O)Nc1cc(C)ccc1C)c(=O)n2C. The van der Waals surface area contributed by atoms with Gasteiger partial charge in [-0.25, -0.2) is 14.6 Å². The zero-order valence-electron chi connectivity index (χ0n) is 19.1. The Labute approximate surface area is 190 Å². The number of carbonyl (C=O) groups is 2. The summed E-state index contributed by atoms with van der Waals surface area (Å²) in [6, 6.07) is 7.19. The van der Waals surface area contributed by atoms with Crippen molar-refractivity contribution in [2.24, 2.45) is 7.05 Å². The summed E-state index contributed by atoms with van der Waals surface area (Å²) in [5.74, 6) is -0.986. The van der Waals surface area contributed by atoms with Crippen LogP contribution >= 0.6 is 0 Å². The molecule has 1 amide bonds. The predicted molar refractivity (Wildman–Crippen MR) is 124 cm³/mol. The van der Waals surface area contributed by atoms with E-state index in [1.165, 1.54) is 11.6 Å². The van der Waals surface area contributed by atoms with Crippen LogP contribution in [0.3, 0.4) is 0 Å². The van der Waals surface area contributed by atoms with Crippen LogP contribution in [0.4, 0.5) is 5.69 Å². The molecule has 0 spiro atoms. The molecule has 1 saturated carbocycles. The molecule has 1 fully saturated rings. The van der Waals surface area contributed by atoms with Crippen molar-refractivity contribution in [3.8, 4) is 0 Å². The van der Waals surface area contributed by atoms with Gasteiger partial charge in [0.1, 0.15) is 12.2 Å². The molecule has 0 bridgehead atoms. The topological polar surface area (TPSA) is 112 Å². The van der Waals surface area contributed by atoms with Gasteiger partial charge in [-0.15, -0.1) is 0 Å². The van der Waals surface area contributed by atoms with Crippen LogP contribution in [-0.2, 0) is 23.1 Å². The molecule has 0 saturated heterocycles. The largest absolute Gasteiger partial charge is 0.462 e. The number of nitrogens with one attached hydrogen (secondary N) is 1. The first-order chi connectivity index (χ1) is 15.7. The number of esters is 1. The number of nitrogens with zero attached hydrogens (tertiary/aromatic N) is 3. The van der Waals surface area contributed by atoms with Crippen molar-refractivity contribution >= 4 is 28.6 Å². The van der Waals surface area contributed by atoms with Gasteiger partial charge in [-0.2, -0.15) is 0 Å². The van der Waals surface area contributed by atoms with Crippen molar-refractivity contribution in [1.82, 2.24) is 14.1 Å². The number of pyridine rings is 1. The van der Waals surface area contributed by atoms with Crippen LogP contribution in [0.5, 0.6) is 0 Å². The van der Waals surface area contributed by atoms with Crippen LogP contribution in [0.25, 0.3) is 11.0 Å². The van der Waals surface area contributed by atoms with E-state index in [9.17, 15) is 19.2 Å². The normalized spacial score (nSPS) is 13.2. The van der Waals surface area contributed by atoms with Gasteiger partial charge in [0.15, 0.2) is 0 Å². The Bertz CT molecular complexity index is 1400. The quantitative estimate of drug-likeness (QED) is 0.577. The molecule has 9 heteroatoms. The lowest BCUT2D eigenvalue weighted by Crippen LogP contribution is -2.42. The summed E-state index contributed by atoms with van der Waals surface area (Å²) in [5.41, 5.74) is 1.83. The molecule has 172 valence electrons. The Hall–Kier alpha value is -3.75. The number of carbonyl (C=O) groups excluding carboxylic acids is 2. The smallest absolute Gasteiger partial charge is 0.339 e. The summed E-state index contributed by atoms with van der Waals surface area (Å²) in [6.45, 7) is 5.07. The van der Waals surface area contributed by atoms with Gasteiger partial charge in [0.05, 0.1) is 17.6 Å². The molecule has 1 aromatic carbocycles. The van der Waals surface area contributed by atoms with Crippen LogP contribution in [0, 0.1) is 13.8 Å². The minimum absolute atomic E-state index is 0.0283. The first-order valence-electron chi connectivity index (χ1n) is 10.9. The van der Waals surface area contributed by atoms with E-state index in [1.807, 2.05) is 32.0 Å². The fraction of sp³-hybridized carbons (Fsp3) is 0.375. The molecule has 0 unspecified atom stereocenters. The molecule has 0 atom stereocenters. The molecule has 33 heavy (non-hydrogen) atoms. The number of aryl methyl sites for hydroxylation is 3. The minimum Gasteiger partial charge on any atom is -0.462 e. The highest BCUT2D eigenvalue weighted by Crippen LogP contribution is 2.39. The van der Waals surface area contributed by atoms with Gasteiger partial charge in [0.25, 0.3) is 5.56 Å². The van der Waals surface area contributed by atoms with E-state index in [0.29, 0.717) is 11.4 Å². The molecule has 2 aromatic heterocycles. The summed E-state index contributed by atoms with van der Waals surface area (Å²) >= 11 is 0. The molecule has 9 nitrogen and oxygen atoms in total. The number of benzene rings is 1. The van der Waals surface area contributed by atoms with Crippen molar-refractivity contribution < 1.29 is 14.3 Å². The third-order valence-corrected chi connectivity index (χ3v) is 5.77. The Morgan fingerprint density at radius 2 is 1.91 bits per heavy atom. The van der Waals surface area contributed by atoms with Gasteiger partial charge in [-0.1, -0.05) is 12.1 Å². The first kappa shape index (κ1) is 22.4. The van der Waals surface area contributed by atoms with Crippen LogP contribution < -0.4 is 16.6 Å². The fourth-order valence-electron chi connectivity index (χ4n) is 3.80. The number of fused-ring (bicyclic) bond motifs is 1. The fourth-order valence-corrected chi connectivity index (χ4v) is 3.80. The van der Waals surface area contributed by atoms with Crippen LogP contribution in [0.1, 0.15) is 52.9 Å². The second kappa shape index (κ2) is 8.65. The third-order valence-electron chi connectivity index (χ3n) is 5.77. The number of hydrogen-bond donors (Lipinski definition) is 1. The molecule has 1 aliphatic carbocycles. The van der Waals surface area contributed by atoms with E-state index in [1.54, 1.807) is 13.0 Å². The summed E-state index contributed by atoms with van der Waals surface area (Å²) in [5, 5.41) is 2.73. The van der Waals surface area contributed by atoms with Crippen molar-refractivity contribution in [2.45, 2.75) is 46.1 Å². The van der Waals surface area contributed by atoms with Gasteiger partial charge >= 0.3 is 11.7 Å². The molecular weight excluding hydrogens is 424 g/mol. The number of amides is 1. The second-order valence-corrected chi connectivity index (χ2v) is 8.39. The van der Waals surface area contributed by atoms with E-state index >= 15 is 0 Å². The van der Waals surface area contributed by atoms with Crippen LogP contribution in [0.15, 0.2) is 33.9 Å². The van der Waals surface area contributed by atoms with Crippen molar-refractivity contribution in [2.75, 3.05) is 11.9 Å². The average molecular weight is 450 g/mol. The monoisotopic (exact) mass is 450 g/mol. The Morgan fingerprint density at radius 3 is 2.58 bits per heavy atom. The molecule has 1 aliphatic rings. The van der Waals surface area contributed by atoms with Gasteiger partial charge in [-0.3, -0.25) is 18.7 Å². The van der Waals surface area contributed by atoms with Crippen molar-refractivity contribution in [3.05, 3.63) is 67.5 Å². The second-order valence-electron chi connectivity index (χ2n) is 8.39. The lowest BCUT2D eigenvalue weighted by molar-refractivity contribution is -0.116. The summed E-state index contributed by atoms with van der Waals surface area (Å²) in [7, 11) is 1.47.